The van der Waals surface area contributed by atoms with Crippen molar-refractivity contribution in [3.05, 3.63) is 85.8 Å². The summed E-state index contributed by atoms with van der Waals surface area (Å²) in [6.07, 6.45) is 1.63. The molecule has 1 aromatic heterocycles. The van der Waals surface area contributed by atoms with Gasteiger partial charge in [-0.2, -0.15) is 10.1 Å². The largest absolute Gasteiger partial charge is 0.295 e. The summed E-state index contributed by atoms with van der Waals surface area (Å²) in [5, 5.41) is 8.86. The molecule has 29 heavy (non-hydrogen) atoms. The minimum Gasteiger partial charge on any atom is -0.295 e. The van der Waals surface area contributed by atoms with Crippen molar-refractivity contribution in [2.45, 2.75) is 20.8 Å². The number of benzene rings is 2. The lowest BCUT2D eigenvalue weighted by molar-refractivity contribution is -0.114. The summed E-state index contributed by atoms with van der Waals surface area (Å²) >= 11 is 3.39. The van der Waals surface area contributed by atoms with Crippen molar-refractivity contribution in [2.75, 3.05) is 5.01 Å². The zero-order valence-corrected chi connectivity index (χ0v) is 17.8. The van der Waals surface area contributed by atoms with Crippen molar-refractivity contribution in [2.24, 2.45) is 5.10 Å². The first-order valence-electron chi connectivity index (χ1n) is 9.11. The molecule has 3 aromatic rings. The van der Waals surface area contributed by atoms with Crippen LogP contribution in [0.5, 0.6) is 0 Å². The zero-order valence-electron chi connectivity index (χ0n) is 16.2. The van der Waals surface area contributed by atoms with Gasteiger partial charge in [0, 0.05) is 10.2 Å². The molecule has 6 nitrogen and oxygen atoms in total. The fourth-order valence-electron chi connectivity index (χ4n) is 3.26. The van der Waals surface area contributed by atoms with E-state index in [2.05, 4.69) is 26.1 Å². The molecule has 0 unspecified atom stereocenters. The summed E-state index contributed by atoms with van der Waals surface area (Å²) in [4.78, 5) is 26.0. The van der Waals surface area contributed by atoms with Crippen molar-refractivity contribution in [3.8, 4) is 5.69 Å². The molecule has 2 heterocycles. The zero-order chi connectivity index (χ0) is 20.7. The number of aromatic amines is 1. The molecule has 1 aliphatic heterocycles. The van der Waals surface area contributed by atoms with E-state index in [4.69, 9.17) is 0 Å². The smallest absolute Gasteiger partial charge is 0.280 e. The molecule has 0 saturated carbocycles. The van der Waals surface area contributed by atoms with Gasteiger partial charge >= 0.3 is 0 Å². The van der Waals surface area contributed by atoms with E-state index in [1.54, 1.807) is 13.0 Å². The summed E-state index contributed by atoms with van der Waals surface area (Å²) in [5.74, 6) is -0.247. The van der Waals surface area contributed by atoms with Crippen LogP contribution in [0.3, 0.4) is 0 Å². The molecule has 0 spiro atoms. The van der Waals surface area contributed by atoms with E-state index < -0.39 is 0 Å². The van der Waals surface area contributed by atoms with Gasteiger partial charge in [-0.25, -0.2) is 4.68 Å². The fraction of sp³-hybridized carbons (Fsp3) is 0.136. The number of halogens is 1. The topological polar surface area (TPSA) is 70.5 Å². The number of carbonyl (C=O) groups is 1. The number of hydrogen-bond acceptors (Lipinski definition) is 3. The predicted molar refractivity (Wildman–Crippen MR) is 119 cm³/mol. The number of rotatable bonds is 3. The molecule has 1 aliphatic rings. The molecular formula is C22H19BrN4O2. The van der Waals surface area contributed by atoms with Crippen LogP contribution in [-0.2, 0) is 4.79 Å². The minimum atomic E-state index is -0.247. The molecule has 0 bridgehead atoms. The Morgan fingerprint density at radius 3 is 2.41 bits per heavy atom. The van der Waals surface area contributed by atoms with Crippen LogP contribution in [0.1, 0.15) is 23.7 Å². The average molecular weight is 451 g/mol. The third-order valence-corrected chi connectivity index (χ3v) is 5.33. The molecular weight excluding hydrogens is 432 g/mol. The lowest BCUT2D eigenvalue weighted by atomic mass is 10.1. The molecule has 146 valence electrons. The first kappa shape index (κ1) is 19.1. The number of nitrogens with zero attached hydrogens (tertiary/aromatic N) is 3. The molecule has 0 fully saturated rings. The number of nitrogens with one attached hydrogen (secondary N) is 1. The Bertz CT molecular complexity index is 1230. The Balaban J connectivity index is 1.73. The lowest BCUT2D eigenvalue weighted by Crippen LogP contribution is -2.22. The second-order valence-corrected chi connectivity index (χ2v) is 7.88. The second kappa shape index (κ2) is 7.33. The maximum Gasteiger partial charge on any atom is 0.280 e. The Morgan fingerprint density at radius 2 is 1.72 bits per heavy atom. The highest BCUT2D eigenvalue weighted by Gasteiger charge is 2.29. The van der Waals surface area contributed by atoms with Crippen molar-refractivity contribution >= 4 is 39.3 Å². The Hall–Kier alpha value is -3.19. The van der Waals surface area contributed by atoms with Crippen LogP contribution in [0.4, 0.5) is 5.69 Å². The number of aryl methyl sites for hydroxylation is 2. The monoisotopic (exact) mass is 450 g/mol. The molecule has 0 radical (unpaired) electrons. The number of carbonyl (C=O) groups excluding carboxylic acids is 1. The minimum absolute atomic E-state index is 0.216. The number of hydrazone groups is 1. The highest BCUT2D eigenvalue weighted by molar-refractivity contribution is 9.10. The van der Waals surface area contributed by atoms with E-state index in [0.29, 0.717) is 28.2 Å². The third-order valence-electron chi connectivity index (χ3n) is 4.80. The quantitative estimate of drug-likeness (QED) is 0.602. The molecule has 0 atom stereocenters. The summed E-state index contributed by atoms with van der Waals surface area (Å²) in [6.45, 7) is 5.55. The van der Waals surface area contributed by atoms with Crippen molar-refractivity contribution in [3.63, 3.8) is 0 Å². The van der Waals surface area contributed by atoms with Crippen molar-refractivity contribution < 1.29 is 4.79 Å². The molecule has 7 heteroatoms. The summed E-state index contributed by atoms with van der Waals surface area (Å²) in [7, 11) is 0. The van der Waals surface area contributed by atoms with Gasteiger partial charge in [0.15, 0.2) is 0 Å². The van der Waals surface area contributed by atoms with E-state index in [0.717, 1.165) is 15.7 Å². The fourth-order valence-corrected chi connectivity index (χ4v) is 3.53. The van der Waals surface area contributed by atoms with Gasteiger partial charge in [-0.15, -0.1) is 0 Å². The van der Waals surface area contributed by atoms with Gasteiger partial charge in [-0.05, 0) is 68.8 Å². The number of anilines is 1. The average Bonchev–Trinajstić information content (AvgIpc) is 3.13. The number of amides is 1. The van der Waals surface area contributed by atoms with E-state index >= 15 is 0 Å². The van der Waals surface area contributed by atoms with E-state index in [1.165, 1.54) is 9.69 Å². The Labute approximate surface area is 176 Å². The van der Waals surface area contributed by atoms with E-state index in [1.807, 2.05) is 62.4 Å². The highest BCUT2D eigenvalue weighted by atomic mass is 79.9. The number of H-pyrrole nitrogens is 1. The van der Waals surface area contributed by atoms with Crippen LogP contribution in [0.25, 0.3) is 11.8 Å². The second-order valence-electron chi connectivity index (χ2n) is 6.97. The Kier molecular flexibility index (Phi) is 4.84. The maximum absolute atomic E-state index is 13.0. The van der Waals surface area contributed by atoms with Gasteiger partial charge in [0.25, 0.3) is 11.5 Å². The number of aromatic nitrogens is 2. The van der Waals surface area contributed by atoms with E-state index in [-0.39, 0.29) is 11.5 Å². The van der Waals surface area contributed by atoms with Gasteiger partial charge in [-0.3, -0.25) is 14.7 Å². The molecule has 1 amide bonds. The molecule has 1 N–H and O–H groups in total. The summed E-state index contributed by atoms with van der Waals surface area (Å²) in [5.41, 5.74) is 4.36. The molecule has 2 aromatic carbocycles. The van der Waals surface area contributed by atoms with Crippen molar-refractivity contribution in [1.29, 1.82) is 0 Å². The van der Waals surface area contributed by atoms with Crippen LogP contribution in [0, 0.1) is 13.8 Å². The van der Waals surface area contributed by atoms with Gasteiger partial charge in [0.1, 0.15) is 0 Å². The van der Waals surface area contributed by atoms with Crippen LogP contribution in [0.15, 0.2) is 68.5 Å². The van der Waals surface area contributed by atoms with Gasteiger partial charge < -0.3 is 0 Å². The van der Waals surface area contributed by atoms with Crippen LogP contribution in [-0.4, -0.2) is 21.4 Å². The summed E-state index contributed by atoms with van der Waals surface area (Å²) in [6, 6.07) is 15.0. The first-order valence-corrected chi connectivity index (χ1v) is 9.90. The summed E-state index contributed by atoms with van der Waals surface area (Å²) < 4.78 is 2.40. The highest BCUT2D eigenvalue weighted by Crippen LogP contribution is 2.25. The third kappa shape index (κ3) is 3.49. The van der Waals surface area contributed by atoms with Crippen molar-refractivity contribution in [1.82, 2.24) is 9.78 Å². The predicted octanol–water partition coefficient (Wildman–Crippen LogP) is 4.35. The van der Waals surface area contributed by atoms with Gasteiger partial charge in [0.05, 0.1) is 28.2 Å². The lowest BCUT2D eigenvalue weighted by Gasteiger charge is -2.12. The van der Waals surface area contributed by atoms with Crippen LogP contribution < -0.4 is 10.6 Å². The van der Waals surface area contributed by atoms with Gasteiger partial charge in [-0.1, -0.05) is 28.1 Å². The van der Waals surface area contributed by atoms with Gasteiger partial charge in [0.2, 0.25) is 0 Å². The molecule has 0 aliphatic carbocycles. The SMILES string of the molecule is CC1=NN(c2cccc(C)c2)C(=O)/C1=C\c1c(C)[nH]n(-c2ccc(Br)cc2)c1=O. The molecule has 4 rings (SSSR count). The van der Waals surface area contributed by atoms with E-state index in [9.17, 15) is 9.59 Å². The number of hydrogen-bond donors (Lipinski definition) is 1. The Morgan fingerprint density at radius 1 is 1.00 bits per heavy atom. The van der Waals surface area contributed by atoms with Crippen LogP contribution in [0.2, 0.25) is 0 Å². The first-order chi connectivity index (χ1) is 13.8. The maximum atomic E-state index is 13.0. The van der Waals surface area contributed by atoms with Crippen LogP contribution >= 0.6 is 15.9 Å². The normalized spacial score (nSPS) is 15.3. The standard InChI is InChI=1S/C22H19BrN4O2/c1-13-5-4-6-18(11-13)27-22(29)20(15(3)25-27)12-19-14(2)24-26(21(19)28)17-9-7-16(23)8-10-17/h4-12,24H,1-3H3/b20-12-. The molecule has 0 saturated heterocycles.